The topological polar surface area (TPSA) is 26.3 Å². The number of carbonyl (C=O) groups is 1. The highest BCUT2D eigenvalue weighted by Gasteiger charge is 2.29. The normalized spacial score (nSPS) is 19.1. The van der Waals surface area contributed by atoms with E-state index in [1.165, 1.54) is 34.8 Å². The number of hydrogen-bond acceptors (Lipinski definition) is 2. The maximum Gasteiger partial charge on any atom is 0.302 e. The van der Waals surface area contributed by atoms with Crippen LogP contribution in [0.3, 0.4) is 0 Å². The van der Waals surface area contributed by atoms with Gasteiger partial charge in [-0.25, -0.2) is 0 Å². The largest absolute Gasteiger partial charge is 0.465 e. The second-order valence-corrected chi connectivity index (χ2v) is 9.51. The van der Waals surface area contributed by atoms with Crippen molar-refractivity contribution in [3.05, 3.63) is 70.8 Å². The second-order valence-electron chi connectivity index (χ2n) is 9.51. The van der Waals surface area contributed by atoms with E-state index in [1.807, 2.05) is 6.08 Å². The molecule has 0 bridgehead atoms. The summed E-state index contributed by atoms with van der Waals surface area (Å²) in [5, 5.41) is 0. The molecule has 0 saturated heterocycles. The van der Waals surface area contributed by atoms with Crippen molar-refractivity contribution < 1.29 is 9.53 Å². The highest BCUT2D eigenvalue weighted by molar-refractivity contribution is 5.66. The van der Waals surface area contributed by atoms with Crippen LogP contribution in [0.1, 0.15) is 71.1 Å². The molecule has 0 saturated carbocycles. The first-order valence-corrected chi connectivity index (χ1v) is 9.74. The minimum atomic E-state index is -0.230. The molecule has 1 aromatic rings. The number of hydrogen-bond donors (Lipinski definition) is 0. The Morgan fingerprint density at radius 1 is 1.22 bits per heavy atom. The molecule has 0 heterocycles. The molecule has 1 aromatic carbocycles. The van der Waals surface area contributed by atoms with Crippen molar-refractivity contribution >= 4 is 5.97 Å². The summed E-state index contributed by atoms with van der Waals surface area (Å²) in [6.07, 6.45) is 7.20. The number of fused-ring (bicyclic) bond motifs is 1. The summed E-state index contributed by atoms with van der Waals surface area (Å²) in [4.78, 5) is 11.4. The van der Waals surface area contributed by atoms with Crippen molar-refractivity contribution in [1.82, 2.24) is 0 Å². The van der Waals surface area contributed by atoms with Gasteiger partial charge in [-0.1, -0.05) is 90.1 Å². The molecule has 2 nitrogen and oxygen atoms in total. The first kappa shape index (κ1) is 21.2. The van der Waals surface area contributed by atoms with Gasteiger partial charge in [0.1, 0.15) is 6.61 Å². The number of rotatable bonds is 4. The molecule has 0 spiro atoms. The van der Waals surface area contributed by atoms with E-state index in [0.717, 1.165) is 6.42 Å². The third kappa shape index (κ3) is 5.22. The summed E-state index contributed by atoms with van der Waals surface area (Å²) in [6.45, 7) is 19.1. The molecule has 1 unspecified atom stereocenters. The van der Waals surface area contributed by atoms with Gasteiger partial charge in [-0.05, 0) is 39.5 Å². The standard InChI is InChI=1S/C25H34O2/c1-9-20(24(3,4)5)12-10-19-14-18-11-13-21(25(6,7)8)15-22(18)23(19)16-27-17(2)26/h9-13,15,23H,1,14,16H2,2-8H3/b19-10+,20-12+. The molecule has 0 fully saturated rings. The molecule has 0 aromatic heterocycles. The molecule has 1 atom stereocenters. The van der Waals surface area contributed by atoms with Crippen LogP contribution in [0.4, 0.5) is 0 Å². The van der Waals surface area contributed by atoms with Crippen LogP contribution in [0.25, 0.3) is 0 Å². The van der Waals surface area contributed by atoms with E-state index in [2.05, 4.69) is 78.5 Å². The summed E-state index contributed by atoms with van der Waals surface area (Å²) in [6, 6.07) is 6.76. The first-order valence-electron chi connectivity index (χ1n) is 9.74. The van der Waals surface area contributed by atoms with Gasteiger partial charge in [-0.15, -0.1) is 0 Å². The lowest BCUT2D eigenvalue weighted by molar-refractivity contribution is -0.141. The molecule has 0 aliphatic heterocycles. The third-order valence-electron chi connectivity index (χ3n) is 5.25. The zero-order valence-corrected chi connectivity index (χ0v) is 18.0. The minimum absolute atomic E-state index is 0.0506. The number of ether oxygens (including phenoxy) is 1. The van der Waals surface area contributed by atoms with Crippen molar-refractivity contribution in [2.45, 2.75) is 66.2 Å². The van der Waals surface area contributed by atoms with Gasteiger partial charge >= 0.3 is 5.97 Å². The Morgan fingerprint density at radius 2 is 1.89 bits per heavy atom. The Kier molecular flexibility index (Phi) is 6.19. The molecule has 2 rings (SSSR count). The van der Waals surface area contributed by atoms with E-state index in [4.69, 9.17) is 4.74 Å². The summed E-state index contributed by atoms with van der Waals surface area (Å²) in [7, 11) is 0. The molecular weight excluding hydrogens is 332 g/mol. The maximum atomic E-state index is 11.4. The summed E-state index contributed by atoms with van der Waals surface area (Å²) < 4.78 is 5.42. The summed E-state index contributed by atoms with van der Waals surface area (Å²) >= 11 is 0. The Labute approximate surface area is 165 Å². The Bertz CT molecular complexity index is 780. The van der Waals surface area contributed by atoms with E-state index in [0.29, 0.717) is 6.61 Å². The van der Waals surface area contributed by atoms with Gasteiger partial charge in [0.15, 0.2) is 0 Å². The number of allylic oxidation sites excluding steroid dienone is 4. The molecule has 27 heavy (non-hydrogen) atoms. The van der Waals surface area contributed by atoms with Gasteiger partial charge < -0.3 is 4.74 Å². The van der Waals surface area contributed by atoms with E-state index in [9.17, 15) is 4.79 Å². The second kappa shape index (κ2) is 7.88. The predicted molar refractivity (Wildman–Crippen MR) is 114 cm³/mol. The van der Waals surface area contributed by atoms with Gasteiger partial charge in [0.25, 0.3) is 0 Å². The monoisotopic (exact) mass is 366 g/mol. The lowest BCUT2D eigenvalue weighted by Gasteiger charge is -2.22. The quantitative estimate of drug-likeness (QED) is 0.463. The van der Waals surface area contributed by atoms with Crippen LogP contribution in [-0.4, -0.2) is 12.6 Å². The van der Waals surface area contributed by atoms with Gasteiger partial charge in [-0.3, -0.25) is 4.79 Å². The van der Waals surface area contributed by atoms with Crippen LogP contribution in [-0.2, 0) is 21.4 Å². The third-order valence-corrected chi connectivity index (χ3v) is 5.25. The number of carbonyl (C=O) groups excluding carboxylic acids is 1. The molecule has 146 valence electrons. The Balaban J connectivity index is 2.46. The first-order chi connectivity index (χ1) is 12.4. The molecule has 1 aliphatic rings. The smallest absolute Gasteiger partial charge is 0.302 e. The fourth-order valence-electron chi connectivity index (χ4n) is 3.48. The average molecular weight is 367 g/mol. The van der Waals surface area contributed by atoms with Crippen LogP contribution < -0.4 is 0 Å². The van der Waals surface area contributed by atoms with Gasteiger partial charge in [0.05, 0.1) is 0 Å². The SMILES string of the molecule is C=C/C(=C\C=C1/Cc2ccc(C(C)(C)C)cc2C1COC(C)=O)C(C)(C)C. The fraction of sp³-hybridized carbons (Fsp3) is 0.480. The lowest BCUT2D eigenvalue weighted by atomic mass is 9.84. The molecule has 0 radical (unpaired) electrons. The summed E-state index contributed by atoms with van der Waals surface area (Å²) in [5.41, 5.74) is 6.57. The van der Waals surface area contributed by atoms with E-state index >= 15 is 0 Å². The highest BCUT2D eigenvalue weighted by atomic mass is 16.5. The van der Waals surface area contributed by atoms with Crippen molar-refractivity contribution in [3.8, 4) is 0 Å². The van der Waals surface area contributed by atoms with Crippen LogP contribution in [0.15, 0.2) is 54.2 Å². The molecular formula is C25H34O2. The van der Waals surface area contributed by atoms with Crippen LogP contribution in [0.5, 0.6) is 0 Å². The van der Waals surface area contributed by atoms with E-state index in [1.54, 1.807) is 0 Å². The highest BCUT2D eigenvalue weighted by Crippen LogP contribution is 2.40. The predicted octanol–water partition coefficient (Wildman–Crippen LogP) is 6.27. The molecule has 1 aliphatic carbocycles. The zero-order chi connectivity index (χ0) is 20.4. The maximum absolute atomic E-state index is 11.4. The van der Waals surface area contributed by atoms with E-state index in [-0.39, 0.29) is 22.7 Å². The van der Waals surface area contributed by atoms with Crippen LogP contribution >= 0.6 is 0 Å². The van der Waals surface area contributed by atoms with E-state index < -0.39 is 0 Å². The van der Waals surface area contributed by atoms with Crippen molar-refractivity contribution in [3.63, 3.8) is 0 Å². The average Bonchev–Trinajstić information content (AvgIpc) is 2.88. The van der Waals surface area contributed by atoms with Gasteiger partial charge in [-0.2, -0.15) is 0 Å². The lowest BCUT2D eigenvalue weighted by Crippen LogP contribution is -2.13. The zero-order valence-electron chi connectivity index (χ0n) is 18.0. The van der Waals surface area contributed by atoms with Crippen LogP contribution in [0.2, 0.25) is 0 Å². The number of esters is 1. The van der Waals surface area contributed by atoms with Crippen molar-refractivity contribution in [2.24, 2.45) is 5.41 Å². The number of benzene rings is 1. The molecule has 0 N–H and O–H groups in total. The van der Waals surface area contributed by atoms with Crippen molar-refractivity contribution in [2.75, 3.05) is 6.61 Å². The summed E-state index contributed by atoms with van der Waals surface area (Å²) in [5.74, 6) is -0.111. The van der Waals surface area contributed by atoms with Crippen LogP contribution in [0, 0.1) is 5.41 Å². The molecule has 0 amide bonds. The van der Waals surface area contributed by atoms with Gasteiger partial charge in [0.2, 0.25) is 0 Å². The Hall–Kier alpha value is -2.09. The van der Waals surface area contributed by atoms with Crippen molar-refractivity contribution in [1.29, 1.82) is 0 Å². The van der Waals surface area contributed by atoms with Gasteiger partial charge in [0, 0.05) is 12.8 Å². The Morgan fingerprint density at radius 3 is 2.41 bits per heavy atom. The molecule has 2 heteroatoms. The fourth-order valence-corrected chi connectivity index (χ4v) is 3.48. The minimum Gasteiger partial charge on any atom is -0.465 e.